The minimum atomic E-state index is -0.315. The van der Waals surface area contributed by atoms with Gasteiger partial charge in [-0.3, -0.25) is 4.79 Å². The number of hydrogen-bond donors (Lipinski definition) is 1. The lowest BCUT2D eigenvalue weighted by Crippen LogP contribution is -2.47. The third kappa shape index (κ3) is 4.64. The largest absolute Gasteiger partial charge is 0.468 e. The lowest BCUT2D eigenvalue weighted by molar-refractivity contribution is -0.145. The Balaban J connectivity index is 2.56. The van der Waals surface area contributed by atoms with Crippen LogP contribution in [0, 0.1) is 0 Å². The molecule has 1 N–H and O–H groups in total. The molecule has 1 atom stereocenters. The number of nitrogens with one attached hydrogen (secondary N) is 1. The third-order valence-corrected chi connectivity index (χ3v) is 3.53. The predicted octanol–water partition coefficient (Wildman–Crippen LogP) is 1.88. The van der Waals surface area contributed by atoms with Gasteiger partial charge in [-0.25, -0.2) is 0 Å². The van der Waals surface area contributed by atoms with Crippen LogP contribution < -0.4 is 5.32 Å². The molecule has 0 aliphatic heterocycles. The van der Waals surface area contributed by atoms with Gasteiger partial charge in [0, 0.05) is 19.6 Å². The highest BCUT2D eigenvalue weighted by Gasteiger charge is 2.30. The van der Waals surface area contributed by atoms with Gasteiger partial charge in [0.15, 0.2) is 0 Å². The van der Waals surface area contributed by atoms with Crippen LogP contribution in [0.3, 0.4) is 0 Å². The van der Waals surface area contributed by atoms with Gasteiger partial charge in [0.25, 0.3) is 0 Å². The number of rotatable bonds is 6. The molecule has 1 fully saturated rings. The normalized spacial score (nSPS) is 19.3. The smallest absolute Gasteiger partial charge is 0.322 e. The van der Waals surface area contributed by atoms with Crippen LogP contribution >= 0.6 is 0 Å². The Labute approximate surface area is 104 Å². The van der Waals surface area contributed by atoms with Gasteiger partial charge >= 0.3 is 5.97 Å². The molecular weight excluding hydrogens is 218 g/mol. The average Bonchev–Trinajstić information content (AvgIpc) is 2.79. The zero-order chi connectivity index (χ0) is 12.9. The van der Waals surface area contributed by atoms with Crippen molar-refractivity contribution in [3.8, 4) is 0 Å². The number of carbonyl (C=O) groups is 1. The summed E-state index contributed by atoms with van der Waals surface area (Å²) in [4.78, 5) is 11.8. The Morgan fingerprint density at radius 2 is 1.94 bits per heavy atom. The summed E-state index contributed by atoms with van der Waals surface area (Å²) in [5.74, 6) is -0.193. The minimum Gasteiger partial charge on any atom is -0.468 e. The molecule has 17 heavy (non-hydrogen) atoms. The molecule has 0 aromatic rings. The van der Waals surface area contributed by atoms with Gasteiger partial charge in [-0.1, -0.05) is 12.8 Å². The second-order valence-electron chi connectivity index (χ2n) is 5.39. The van der Waals surface area contributed by atoms with E-state index in [-0.39, 0.29) is 17.6 Å². The molecule has 0 aromatic carbocycles. The summed E-state index contributed by atoms with van der Waals surface area (Å²) in [5, 5.41) is 3.40. The van der Waals surface area contributed by atoms with Crippen molar-refractivity contribution in [3.63, 3.8) is 0 Å². The number of methoxy groups -OCH3 is 2. The van der Waals surface area contributed by atoms with Gasteiger partial charge in [0.2, 0.25) is 0 Å². The highest BCUT2D eigenvalue weighted by Crippen LogP contribution is 2.21. The first-order valence-electron chi connectivity index (χ1n) is 6.37. The monoisotopic (exact) mass is 243 g/mol. The highest BCUT2D eigenvalue weighted by atomic mass is 16.5. The zero-order valence-electron chi connectivity index (χ0n) is 11.4. The van der Waals surface area contributed by atoms with Crippen molar-refractivity contribution >= 4 is 5.97 Å². The summed E-state index contributed by atoms with van der Waals surface area (Å²) in [6.45, 7) is 3.97. The van der Waals surface area contributed by atoms with E-state index in [1.54, 1.807) is 7.11 Å². The van der Waals surface area contributed by atoms with E-state index in [1.807, 2.05) is 13.8 Å². The average molecular weight is 243 g/mol. The fourth-order valence-corrected chi connectivity index (χ4v) is 2.30. The van der Waals surface area contributed by atoms with Crippen LogP contribution in [0.5, 0.6) is 0 Å². The molecule has 0 amide bonds. The second kappa shape index (κ2) is 6.36. The van der Waals surface area contributed by atoms with Crippen LogP contribution in [0.25, 0.3) is 0 Å². The van der Waals surface area contributed by atoms with Gasteiger partial charge in [0.1, 0.15) is 6.04 Å². The fraction of sp³-hybridized carbons (Fsp3) is 0.923. The number of carbonyl (C=O) groups excluding carboxylic acids is 1. The molecule has 0 saturated heterocycles. The molecule has 1 saturated carbocycles. The highest BCUT2D eigenvalue weighted by molar-refractivity contribution is 5.75. The standard InChI is InChI=1S/C13H25NO3/c1-13(2,17-4)9-11(12(15)16-3)14-10-7-5-6-8-10/h10-11,14H,5-9H2,1-4H3. The third-order valence-electron chi connectivity index (χ3n) is 3.53. The molecule has 1 aliphatic rings. The molecule has 0 radical (unpaired) electrons. The summed E-state index contributed by atoms with van der Waals surface area (Å²) in [6.07, 6.45) is 5.44. The number of esters is 1. The second-order valence-corrected chi connectivity index (χ2v) is 5.39. The van der Waals surface area contributed by atoms with Crippen LogP contribution in [0.1, 0.15) is 46.0 Å². The van der Waals surface area contributed by atoms with Crippen LogP contribution in [0.4, 0.5) is 0 Å². The Bertz CT molecular complexity index is 247. The Kier molecular flexibility index (Phi) is 5.40. The van der Waals surface area contributed by atoms with Crippen molar-refractivity contribution in [2.45, 2.75) is 63.6 Å². The van der Waals surface area contributed by atoms with Crippen molar-refractivity contribution in [2.24, 2.45) is 0 Å². The summed E-state index contributed by atoms with van der Waals surface area (Å²) >= 11 is 0. The van der Waals surface area contributed by atoms with Gasteiger partial charge in [-0.05, 0) is 26.7 Å². The van der Waals surface area contributed by atoms with E-state index in [1.165, 1.54) is 20.0 Å². The van der Waals surface area contributed by atoms with E-state index >= 15 is 0 Å². The van der Waals surface area contributed by atoms with E-state index in [9.17, 15) is 4.79 Å². The van der Waals surface area contributed by atoms with Crippen molar-refractivity contribution in [3.05, 3.63) is 0 Å². The van der Waals surface area contributed by atoms with Crippen molar-refractivity contribution in [1.82, 2.24) is 5.32 Å². The molecule has 1 aliphatic carbocycles. The first kappa shape index (κ1) is 14.5. The maximum absolute atomic E-state index is 11.8. The van der Waals surface area contributed by atoms with Crippen molar-refractivity contribution in [1.29, 1.82) is 0 Å². The van der Waals surface area contributed by atoms with Crippen molar-refractivity contribution in [2.75, 3.05) is 14.2 Å². The molecule has 0 heterocycles. The molecule has 1 rings (SSSR count). The SMILES string of the molecule is COC(=O)C(CC(C)(C)OC)NC1CCCC1. The molecule has 4 nitrogen and oxygen atoms in total. The van der Waals surface area contributed by atoms with Gasteiger partial charge < -0.3 is 14.8 Å². The Hall–Kier alpha value is -0.610. The van der Waals surface area contributed by atoms with Crippen LogP contribution in [0.2, 0.25) is 0 Å². The van der Waals surface area contributed by atoms with Gasteiger partial charge in [-0.15, -0.1) is 0 Å². The van der Waals surface area contributed by atoms with Crippen molar-refractivity contribution < 1.29 is 14.3 Å². The first-order chi connectivity index (χ1) is 7.98. The number of hydrogen-bond acceptors (Lipinski definition) is 4. The summed E-state index contributed by atoms with van der Waals surface area (Å²) in [6, 6.07) is 0.185. The van der Waals surface area contributed by atoms with Gasteiger partial charge in [0.05, 0.1) is 12.7 Å². The molecule has 0 aromatic heterocycles. The van der Waals surface area contributed by atoms with Crippen LogP contribution in [0.15, 0.2) is 0 Å². The van der Waals surface area contributed by atoms with E-state index in [0.717, 1.165) is 12.8 Å². The maximum Gasteiger partial charge on any atom is 0.322 e. The van der Waals surface area contributed by atoms with Crippen LogP contribution in [-0.4, -0.2) is 37.9 Å². The molecule has 0 spiro atoms. The maximum atomic E-state index is 11.8. The van der Waals surface area contributed by atoms with E-state index in [2.05, 4.69) is 5.32 Å². The lowest BCUT2D eigenvalue weighted by atomic mass is 9.98. The first-order valence-corrected chi connectivity index (χ1v) is 6.37. The summed E-state index contributed by atoms with van der Waals surface area (Å²) in [5.41, 5.74) is -0.315. The quantitative estimate of drug-likeness (QED) is 0.724. The Morgan fingerprint density at radius 3 is 2.41 bits per heavy atom. The van der Waals surface area contributed by atoms with E-state index in [4.69, 9.17) is 9.47 Å². The molecule has 100 valence electrons. The fourth-order valence-electron chi connectivity index (χ4n) is 2.30. The van der Waals surface area contributed by atoms with E-state index < -0.39 is 0 Å². The number of ether oxygens (including phenoxy) is 2. The Morgan fingerprint density at radius 1 is 1.35 bits per heavy atom. The van der Waals surface area contributed by atoms with E-state index in [0.29, 0.717) is 12.5 Å². The minimum absolute atomic E-state index is 0.193. The summed E-state index contributed by atoms with van der Waals surface area (Å²) in [7, 11) is 3.11. The molecule has 1 unspecified atom stereocenters. The lowest BCUT2D eigenvalue weighted by Gasteiger charge is -2.29. The molecular formula is C13H25NO3. The summed E-state index contributed by atoms with van der Waals surface area (Å²) < 4.78 is 10.2. The molecule has 0 bridgehead atoms. The van der Waals surface area contributed by atoms with Crippen LogP contribution in [-0.2, 0) is 14.3 Å². The van der Waals surface area contributed by atoms with Gasteiger partial charge in [-0.2, -0.15) is 0 Å². The zero-order valence-corrected chi connectivity index (χ0v) is 11.4. The molecule has 4 heteroatoms. The predicted molar refractivity (Wildman–Crippen MR) is 66.9 cm³/mol. The topological polar surface area (TPSA) is 47.6 Å².